The average molecular weight is 287 g/mol. The Labute approximate surface area is 112 Å². The third kappa shape index (κ3) is 3.95. The van der Waals surface area contributed by atoms with Crippen molar-refractivity contribution < 1.29 is 22.4 Å². The highest BCUT2D eigenvalue weighted by atomic mass is 19.4. The molecule has 0 aliphatic heterocycles. The Kier molecular flexibility index (Phi) is 4.23. The molecule has 2 rings (SSSR count). The van der Waals surface area contributed by atoms with Crippen LogP contribution in [-0.4, -0.2) is 30.0 Å². The molecule has 20 heavy (non-hydrogen) atoms. The fourth-order valence-corrected chi connectivity index (χ4v) is 1.50. The van der Waals surface area contributed by atoms with Gasteiger partial charge < -0.3 is 14.6 Å². The molecule has 1 aromatic carbocycles. The molecule has 0 unspecified atom stereocenters. The van der Waals surface area contributed by atoms with Gasteiger partial charge in [0.05, 0.1) is 20.2 Å². The van der Waals surface area contributed by atoms with Crippen LogP contribution in [0.1, 0.15) is 5.89 Å². The summed E-state index contributed by atoms with van der Waals surface area (Å²) in [6.45, 7) is -1.24. The van der Waals surface area contributed by atoms with E-state index in [1.165, 1.54) is 0 Å². The van der Waals surface area contributed by atoms with E-state index in [0.29, 0.717) is 17.1 Å². The molecule has 1 heterocycles. The van der Waals surface area contributed by atoms with Crippen molar-refractivity contribution in [3.63, 3.8) is 0 Å². The van der Waals surface area contributed by atoms with Gasteiger partial charge in [-0.3, -0.25) is 0 Å². The highest BCUT2D eigenvalue weighted by molar-refractivity contribution is 5.55. The number of benzene rings is 1. The highest BCUT2D eigenvalue weighted by Gasteiger charge is 2.26. The van der Waals surface area contributed by atoms with Gasteiger partial charge in [-0.1, -0.05) is 5.16 Å². The topological polar surface area (TPSA) is 60.2 Å². The number of nitrogens with zero attached hydrogens (tertiary/aromatic N) is 2. The predicted molar refractivity (Wildman–Crippen MR) is 64.0 cm³/mol. The molecule has 5 nitrogen and oxygen atoms in total. The van der Waals surface area contributed by atoms with E-state index in [4.69, 9.17) is 9.26 Å². The van der Waals surface area contributed by atoms with Crippen molar-refractivity contribution in [2.45, 2.75) is 12.7 Å². The van der Waals surface area contributed by atoms with Crippen LogP contribution in [0.15, 0.2) is 28.8 Å². The molecule has 0 aliphatic carbocycles. The SMILES string of the molecule is COc1ccc(-c2noc(CNCC(F)(F)F)n2)cc1. The smallest absolute Gasteiger partial charge is 0.401 e. The van der Waals surface area contributed by atoms with Crippen LogP contribution in [0.3, 0.4) is 0 Å². The Hall–Kier alpha value is -2.09. The van der Waals surface area contributed by atoms with Gasteiger partial charge in [0.2, 0.25) is 11.7 Å². The van der Waals surface area contributed by atoms with Gasteiger partial charge >= 0.3 is 6.18 Å². The minimum Gasteiger partial charge on any atom is -0.497 e. The lowest BCUT2D eigenvalue weighted by Gasteiger charge is -2.05. The van der Waals surface area contributed by atoms with Gasteiger partial charge in [-0.2, -0.15) is 18.2 Å². The molecule has 1 aromatic heterocycles. The maximum Gasteiger partial charge on any atom is 0.401 e. The monoisotopic (exact) mass is 287 g/mol. The van der Waals surface area contributed by atoms with Crippen LogP contribution in [0.5, 0.6) is 5.75 Å². The van der Waals surface area contributed by atoms with Crippen LogP contribution < -0.4 is 10.1 Å². The van der Waals surface area contributed by atoms with Crippen LogP contribution in [0, 0.1) is 0 Å². The number of hydrogen-bond donors (Lipinski definition) is 1. The van der Waals surface area contributed by atoms with Crippen molar-refractivity contribution in [1.29, 1.82) is 0 Å². The molecule has 1 N–H and O–H groups in total. The summed E-state index contributed by atoms with van der Waals surface area (Å²) < 4.78 is 45.8. The Balaban J connectivity index is 1.97. The van der Waals surface area contributed by atoms with Gasteiger partial charge in [0.15, 0.2) is 0 Å². The molecule has 0 radical (unpaired) electrons. The summed E-state index contributed by atoms with van der Waals surface area (Å²) in [4.78, 5) is 4.01. The molecular weight excluding hydrogens is 275 g/mol. The van der Waals surface area contributed by atoms with Gasteiger partial charge in [-0.05, 0) is 24.3 Å². The average Bonchev–Trinajstić information content (AvgIpc) is 2.86. The van der Waals surface area contributed by atoms with Crippen molar-refractivity contribution in [3.05, 3.63) is 30.2 Å². The zero-order chi connectivity index (χ0) is 14.6. The first-order valence-corrected chi connectivity index (χ1v) is 5.72. The maximum absolute atomic E-state index is 12.0. The Morgan fingerprint density at radius 1 is 1.25 bits per heavy atom. The Bertz CT molecular complexity index is 552. The number of halogens is 3. The lowest BCUT2D eigenvalue weighted by Crippen LogP contribution is -2.28. The second-order valence-corrected chi connectivity index (χ2v) is 3.96. The van der Waals surface area contributed by atoms with Crippen LogP contribution in [0.25, 0.3) is 11.4 Å². The lowest BCUT2D eigenvalue weighted by molar-refractivity contribution is -0.125. The van der Waals surface area contributed by atoms with Gasteiger partial charge in [-0.25, -0.2) is 0 Å². The standard InChI is InChI=1S/C12H12F3N3O2/c1-19-9-4-2-8(3-5-9)11-17-10(20-18-11)6-16-7-12(13,14)15/h2-5,16H,6-7H2,1H3. The normalized spacial score (nSPS) is 11.6. The van der Waals surface area contributed by atoms with Gasteiger partial charge in [0.25, 0.3) is 0 Å². The van der Waals surface area contributed by atoms with E-state index in [9.17, 15) is 13.2 Å². The Morgan fingerprint density at radius 3 is 2.55 bits per heavy atom. The Morgan fingerprint density at radius 2 is 1.95 bits per heavy atom. The fraction of sp³-hybridized carbons (Fsp3) is 0.333. The number of ether oxygens (including phenoxy) is 1. The zero-order valence-corrected chi connectivity index (χ0v) is 10.6. The second-order valence-electron chi connectivity index (χ2n) is 3.96. The minimum absolute atomic E-state index is 0.0973. The summed E-state index contributed by atoms with van der Waals surface area (Å²) in [7, 11) is 1.55. The van der Waals surface area contributed by atoms with Crippen molar-refractivity contribution in [3.8, 4) is 17.1 Å². The fourth-order valence-electron chi connectivity index (χ4n) is 1.50. The van der Waals surface area contributed by atoms with Crippen LogP contribution in [0.2, 0.25) is 0 Å². The molecule has 8 heteroatoms. The number of nitrogens with one attached hydrogen (secondary N) is 1. The van der Waals surface area contributed by atoms with E-state index in [0.717, 1.165) is 0 Å². The number of alkyl halides is 3. The molecule has 0 saturated carbocycles. The van der Waals surface area contributed by atoms with E-state index in [1.807, 2.05) is 0 Å². The van der Waals surface area contributed by atoms with E-state index < -0.39 is 12.7 Å². The van der Waals surface area contributed by atoms with Crippen molar-refractivity contribution in [2.24, 2.45) is 0 Å². The summed E-state index contributed by atoms with van der Waals surface area (Å²) >= 11 is 0. The van der Waals surface area contributed by atoms with Gasteiger partial charge in [0, 0.05) is 5.56 Å². The zero-order valence-electron chi connectivity index (χ0n) is 10.6. The first kappa shape index (κ1) is 14.3. The number of rotatable bonds is 5. The largest absolute Gasteiger partial charge is 0.497 e. The third-order valence-electron chi connectivity index (χ3n) is 2.42. The van der Waals surface area contributed by atoms with E-state index in [1.54, 1.807) is 31.4 Å². The van der Waals surface area contributed by atoms with Crippen molar-refractivity contribution >= 4 is 0 Å². The summed E-state index contributed by atoms with van der Waals surface area (Å²) in [6.07, 6.45) is -4.27. The lowest BCUT2D eigenvalue weighted by atomic mass is 10.2. The predicted octanol–water partition coefficient (Wildman–Crippen LogP) is 2.40. The molecule has 0 spiro atoms. The maximum atomic E-state index is 12.0. The molecule has 2 aromatic rings. The highest BCUT2D eigenvalue weighted by Crippen LogP contribution is 2.19. The number of methoxy groups -OCH3 is 1. The van der Waals surface area contributed by atoms with Crippen LogP contribution in [0.4, 0.5) is 13.2 Å². The minimum atomic E-state index is -4.27. The molecule has 0 aliphatic rings. The van der Waals surface area contributed by atoms with E-state index in [2.05, 4.69) is 15.5 Å². The molecule has 0 atom stereocenters. The van der Waals surface area contributed by atoms with Crippen molar-refractivity contribution in [2.75, 3.05) is 13.7 Å². The first-order valence-electron chi connectivity index (χ1n) is 5.72. The first-order chi connectivity index (χ1) is 9.48. The van der Waals surface area contributed by atoms with Crippen LogP contribution in [-0.2, 0) is 6.54 Å². The van der Waals surface area contributed by atoms with Crippen molar-refractivity contribution in [1.82, 2.24) is 15.5 Å². The number of hydrogen-bond acceptors (Lipinski definition) is 5. The summed E-state index contributed by atoms with van der Waals surface area (Å²) in [5.41, 5.74) is 0.691. The molecule has 108 valence electrons. The van der Waals surface area contributed by atoms with Crippen LogP contribution >= 0.6 is 0 Å². The van der Waals surface area contributed by atoms with Gasteiger partial charge in [-0.15, -0.1) is 0 Å². The molecular formula is C12H12F3N3O2. The van der Waals surface area contributed by atoms with E-state index >= 15 is 0 Å². The third-order valence-corrected chi connectivity index (χ3v) is 2.42. The molecule has 0 amide bonds. The molecule has 0 fully saturated rings. The molecule has 0 saturated heterocycles. The van der Waals surface area contributed by atoms with Gasteiger partial charge in [0.1, 0.15) is 5.75 Å². The summed E-state index contributed by atoms with van der Waals surface area (Å²) in [6, 6.07) is 6.92. The quantitative estimate of drug-likeness (QED) is 0.915. The summed E-state index contributed by atoms with van der Waals surface area (Å²) in [5, 5.41) is 5.89. The van der Waals surface area contributed by atoms with E-state index in [-0.39, 0.29) is 12.4 Å². The summed E-state index contributed by atoms with van der Waals surface area (Å²) in [5.74, 6) is 1.10. The second kappa shape index (κ2) is 5.91. The molecule has 0 bridgehead atoms. The number of aromatic nitrogens is 2.